The molecule has 0 aliphatic rings. The van der Waals surface area contributed by atoms with Crippen LogP contribution < -0.4 is 9.47 Å². The van der Waals surface area contributed by atoms with Crippen LogP contribution >= 0.6 is 0 Å². The maximum atomic E-state index is 5.51. The molecule has 12 heavy (non-hydrogen) atoms. The average Bonchev–Trinajstić information content (AvgIpc) is 2.16. The van der Waals surface area contributed by atoms with E-state index in [4.69, 9.17) is 16.4 Å². The quantitative estimate of drug-likeness (QED) is 0.679. The highest BCUT2D eigenvalue weighted by atomic mass is 16.5. The van der Waals surface area contributed by atoms with Crippen LogP contribution in [0.15, 0.2) is 18.2 Å². The third-order valence-electron chi connectivity index (χ3n) is 1.71. The number of rotatable bonds is 3. The van der Waals surface area contributed by atoms with Crippen molar-refractivity contribution in [2.75, 3.05) is 14.2 Å². The van der Waals surface area contributed by atoms with Crippen LogP contribution in [0.4, 0.5) is 0 Å². The predicted molar refractivity (Wildman–Crippen MR) is 47.6 cm³/mol. The predicted octanol–water partition coefficient (Wildman–Crippen LogP) is 1.96. The fraction of sp³-hybridized carbons (Fsp3) is 0.300. The van der Waals surface area contributed by atoms with Gasteiger partial charge in [-0.1, -0.05) is 0 Å². The Labute approximate surface area is 73.1 Å². The Morgan fingerprint density at radius 3 is 2.50 bits per heavy atom. The van der Waals surface area contributed by atoms with Crippen LogP contribution in [0.2, 0.25) is 0 Å². The van der Waals surface area contributed by atoms with Gasteiger partial charge in [0.05, 0.1) is 14.2 Å². The van der Waals surface area contributed by atoms with Gasteiger partial charge in [-0.2, -0.15) is 0 Å². The van der Waals surface area contributed by atoms with E-state index in [1.807, 2.05) is 18.2 Å². The van der Waals surface area contributed by atoms with Gasteiger partial charge in [-0.25, -0.2) is 0 Å². The third-order valence-corrected chi connectivity index (χ3v) is 1.71. The van der Waals surface area contributed by atoms with Crippen LogP contribution in [0.25, 0.3) is 0 Å². The number of ether oxygens (including phenoxy) is 2. The Hall–Kier alpha value is -1.18. The van der Waals surface area contributed by atoms with Crippen LogP contribution in [0.3, 0.4) is 0 Å². The van der Waals surface area contributed by atoms with Gasteiger partial charge in [0.2, 0.25) is 0 Å². The standard InChI is InChI=1S/C10H12O2/c1-4-8-7-9(11-2)5-6-10(8)12-3/h1,5-7H,4H2,2-3H3. The van der Waals surface area contributed by atoms with Crippen molar-refractivity contribution in [3.05, 3.63) is 30.7 Å². The zero-order valence-electron chi connectivity index (χ0n) is 7.33. The van der Waals surface area contributed by atoms with Gasteiger partial charge < -0.3 is 9.47 Å². The smallest absolute Gasteiger partial charge is 0.122 e. The van der Waals surface area contributed by atoms with Crippen molar-refractivity contribution in [1.82, 2.24) is 0 Å². The van der Waals surface area contributed by atoms with E-state index in [9.17, 15) is 0 Å². The molecule has 0 spiro atoms. The molecule has 0 heterocycles. The summed E-state index contributed by atoms with van der Waals surface area (Å²) in [7, 11) is 3.25. The number of methoxy groups -OCH3 is 2. The van der Waals surface area contributed by atoms with E-state index in [1.54, 1.807) is 14.2 Å². The first-order valence-electron chi connectivity index (χ1n) is 3.72. The van der Waals surface area contributed by atoms with E-state index in [-0.39, 0.29) is 0 Å². The van der Waals surface area contributed by atoms with E-state index in [0.717, 1.165) is 17.1 Å². The maximum absolute atomic E-state index is 5.51. The molecule has 0 fully saturated rings. The Bertz CT molecular complexity index is 256. The van der Waals surface area contributed by atoms with Crippen molar-refractivity contribution in [3.63, 3.8) is 0 Å². The first-order chi connectivity index (χ1) is 5.81. The van der Waals surface area contributed by atoms with Gasteiger partial charge in [0.15, 0.2) is 0 Å². The van der Waals surface area contributed by atoms with Crippen LogP contribution in [0.1, 0.15) is 5.56 Å². The van der Waals surface area contributed by atoms with Crippen LogP contribution in [0, 0.1) is 6.92 Å². The summed E-state index contributed by atoms with van der Waals surface area (Å²) in [5.74, 6) is 1.61. The molecule has 1 aromatic carbocycles. The largest absolute Gasteiger partial charge is 0.497 e. The highest BCUT2D eigenvalue weighted by Gasteiger charge is 2.01. The fourth-order valence-electron chi connectivity index (χ4n) is 1.04. The second-order valence-corrected chi connectivity index (χ2v) is 2.38. The van der Waals surface area contributed by atoms with Crippen LogP contribution in [-0.4, -0.2) is 14.2 Å². The molecule has 0 aromatic heterocycles. The van der Waals surface area contributed by atoms with E-state index >= 15 is 0 Å². The molecule has 0 aliphatic carbocycles. The highest BCUT2D eigenvalue weighted by Crippen LogP contribution is 2.23. The van der Waals surface area contributed by atoms with Gasteiger partial charge in [0, 0.05) is 0 Å². The molecular weight excluding hydrogens is 152 g/mol. The van der Waals surface area contributed by atoms with Gasteiger partial charge in [-0.15, -0.1) is 0 Å². The Morgan fingerprint density at radius 2 is 2.00 bits per heavy atom. The lowest BCUT2D eigenvalue weighted by molar-refractivity contribution is 0.399. The van der Waals surface area contributed by atoms with Crippen molar-refractivity contribution >= 4 is 0 Å². The molecule has 0 aliphatic heterocycles. The second kappa shape index (κ2) is 4.00. The first kappa shape index (κ1) is 8.91. The number of hydrogen-bond acceptors (Lipinski definition) is 2. The Balaban J connectivity index is 3.02. The second-order valence-electron chi connectivity index (χ2n) is 2.38. The van der Waals surface area contributed by atoms with Crippen molar-refractivity contribution in [2.45, 2.75) is 6.42 Å². The van der Waals surface area contributed by atoms with E-state index in [2.05, 4.69) is 0 Å². The molecule has 2 nitrogen and oxygen atoms in total. The minimum Gasteiger partial charge on any atom is -0.497 e. The molecule has 0 atom stereocenters. The van der Waals surface area contributed by atoms with Gasteiger partial charge in [0.25, 0.3) is 0 Å². The van der Waals surface area contributed by atoms with E-state index in [1.165, 1.54) is 0 Å². The number of hydrogen-bond donors (Lipinski definition) is 0. The summed E-state index contributed by atoms with van der Waals surface area (Å²) in [6, 6.07) is 5.57. The topological polar surface area (TPSA) is 18.5 Å². The zero-order chi connectivity index (χ0) is 8.97. The normalized spacial score (nSPS) is 9.58. The Kier molecular flexibility index (Phi) is 2.97. The summed E-state index contributed by atoms with van der Waals surface area (Å²) >= 11 is 0. The summed E-state index contributed by atoms with van der Waals surface area (Å²) < 4.78 is 10.1. The molecule has 0 saturated heterocycles. The molecular formula is C10H12O2. The van der Waals surface area contributed by atoms with E-state index < -0.39 is 0 Å². The lowest BCUT2D eigenvalue weighted by atomic mass is 10.1. The van der Waals surface area contributed by atoms with Gasteiger partial charge in [-0.3, -0.25) is 0 Å². The van der Waals surface area contributed by atoms with E-state index in [0.29, 0.717) is 6.42 Å². The summed E-state index contributed by atoms with van der Waals surface area (Å²) in [5.41, 5.74) is 0.955. The highest BCUT2D eigenvalue weighted by molar-refractivity contribution is 5.40. The number of benzene rings is 1. The monoisotopic (exact) mass is 164 g/mol. The molecule has 0 bridgehead atoms. The van der Waals surface area contributed by atoms with Crippen molar-refractivity contribution in [1.29, 1.82) is 0 Å². The molecule has 1 aromatic rings. The molecule has 0 unspecified atom stereocenters. The molecule has 0 N–H and O–H groups in total. The maximum Gasteiger partial charge on any atom is 0.122 e. The SMILES string of the molecule is [CH]Cc1cc(OC)ccc1OC. The zero-order valence-corrected chi connectivity index (χ0v) is 7.33. The molecule has 0 amide bonds. The van der Waals surface area contributed by atoms with Gasteiger partial charge >= 0.3 is 0 Å². The van der Waals surface area contributed by atoms with Crippen molar-refractivity contribution in [2.24, 2.45) is 0 Å². The summed E-state index contributed by atoms with van der Waals surface area (Å²) in [6.07, 6.45) is 0.459. The van der Waals surface area contributed by atoms with Gasteiger partial charge in [0.1, 0.15) is 11.5 Å². The molecule has 2 heteroatoms. The summed E-state index contributed by atoms with van der Waals surface area (Å²) in [6.45, 7) is 5.51. The summed E-state index contributed by atoms with van der Waals surface area (Å²) in [5, 5.41) is 0. The minimum absolute atomic E-state index is 0.459. The lowest BCUT2D eigenvalue weighted by Crippen LogP contribution is -1.91. The third kappa shape index (κ3) is 1.70. The molecule has 64 valence electrons. The molecule has 0 saturated carbocycles. The van der Waals surface area contributed by atoms with Crippen LogP contribution in [0.5, 0.6) is 11.5 Å². The van der Waals surface area contributed by atoms with Crippen molar-refractivity contribution < 1.29 is 9.47 Å². The van der Waals surface area contributed by atoms with Crippen molar-refractivity contribution in [3.8, 4) is 11.5 Å². The lowest BCUT2D eigenvalue weighted by Gasteiger charge is -2.07. The summed E-state index contributed by atoms with van der Waals surface area (Å²) in [4.78, 5) is 0. The minimum atomic E-state index is 0.459. The fourth-order valence-corrected chi connectivity index (χ4v) is 1.04. The molecule has 1 rings (SSSR count). The van der Waals surface area contributed by atoms with Gasteiger partial charge in [-0.05, 0) is 37.1 Å². The first-order valence-corrected chi connectivity index (χ1v) is 3.72. The average molecular weight is 164 g/mol. The molecule has 2 radical (unpaired) electrons. The Morgan fingerprint density at radius 1 is 1.25 bits per heavy atom. The van der Waals surface area contributed by atoms with Crippen LogP contribution in [-0.2, 0) is 6.42 Å².